The second-order valence-corrected chi connectivity index (χ2v) is 9.11. The highest BCUT2D eigenvalue weighted by Gasteiger charge is 2.70. The summed E-state index contributed by atoms with van der Waals surface area (Å²) >= 11 is 0. The van der Waals surface area contributed by atoms with Crippen LogP contribution in [0.4, 0.5) is 0 Å². The first kappa shape index (κ1) is 18.1. The molecule has 1 saturated carbocycles. The van der Waals surface area contributed by atoms with Gasteiger partial charge in [-0.1, -0.05) is 47.5 Å². The van der Waals surface area contributed by atoms with Crippen LogP contribution >= 0.6 is 0 Å². The summed E-state index contributed by atoms with van der Waals surface area (Å²) < 4.78 is 32.0. The highest BCUT2D eigenvalue weighted by molar-refractivity contribution is 7.92. The van der Waals surface area contributed by atoms with Crippen molar-refractivity contribution < 1.29 is 13.2 Å². The highest BCUT2D eigenvalue weighted by atomic mass is 32.2. The van der Waals surface area contributed by atoms with Gasteiger partial charge in [0.15, 0.2) is 9.84 Å². The van der Waals surface area contributed by atoms with E-state index >= 15 is 0 Å². The Hall–Kier alpha value is -1.69. The molecule has 0 amide bonds. The molecule has 3 atom stereocenters. The number of nitrogens with two attached hydrogens (primary N) is 1. The molecule has 3 unspecified atom stereocenters. The van der Waals surface area contributed by atoms with Crippen molar-refractivity contribution >= 4 is 9.84 Å². The lowest BCUT2D eigenvalue weighted by atomic mass is 9.99. The number of sulfone groups is 1. The van der Waals surface area contributed by atoms with E-state index in [0.29, 0.717) is 11.5 Å². The molecule has 0 aromatic heterocycles. The van der Waals surface area contributed by atoms with Crippen molar-refractivity contribution in [2.45, 2.75) is 29.9 Å². The number of hydrogen-bond acceptors (Lipinski definition) is 4. The molecule has 0 radical (unpaired) electrons. The van der Waals surface area contributed by atoms with Crippen LogP contribution < -0.4 is 5.73 Å². The first-order valence-corrected chi connectivity index (χ1v) is 9.97. The summed E-state index contributed by atoms with van der Waals surface area (Å²) in [6.45, 7) is 4.56. The second-order valence-electron chi connectivity index (χ2n) is 7.04. The Labute approximate surface area is 149 Å². The van der Waals surface area contributed by atoms with E-state index in [9.17, 15) is 8.42 Å². The van der Waals surface area contributed by atoms with E-state index in [1.165, 1.54) is 0 Å². The van der Waals surface area contributed by atoms with Crippen LogP contribution in [0.2, 0.25) is 0 Å². The monoisotopic (exact) mass is 359 g/mol. The Morgan fingerprint density at radius 3 is 2.00 bits per heavy atom. The molecule has 3 rings (SSSR count). The maximum atomic E-state index is 13.3. The predicted octanol–water partition coefficient (Wildman–Crippen LogP) is 2.83. The lowest BCUT2D eigenvalue weighted by Crippen LogP contribution is -2.28. The molecular formula is C20H25NO3S. The molecule has 5 heteroatoms. The highest BCUT2D eigenvalue weighted by Crippen LogP contribution is 2.63. The Kier molecular flexibility index (Phi) is 4.75. The SMILES string of the molecule is COCC1(CN)C(c2ccc(C)cc2)C1S(=O)(=O)c1ccc(C)cc1. The van der Waals surface area contributed by atoms with Gasteiger partial charge < -0.3 is 10.5 Å². The second kappa shape index (κ2) is 6.56. The fourth-order valence-electron chi connectivity index (χ4n) is 3.84. The molecule has 0 aliphatic heterocycles. The van der Waals surface area contributed by atoms with E-state index in [-0.39, 0.29) is 12.5 Å². The van der Waals surface area contributed by atoms with Crippen molar-refractivity contribution in [1.82, 2.24) is 0 Å². The van der Waals surface area contributed by atoms with Gasteiger partial charge in [-0.05, 0) is 31.5 Å². The smallest absolute Gasteiger partial charge is 0.182 e. The van der Waals surface area contributed by atoms with Crippen LogP contribution in [0.15, 0.2) is 53.4 Å². The van der Waals surface area contributed by atoms with Crippen LogP contribution in [-0.2, 0) is 14.6 Å². The average molecular weight is 359 g/mol. The zero-order chi connectivity index (χ0) is 18.2. The molecule has 134 valence electrons. The lowest BCUT2D eigenvalue weighted by molar-refractivity contribution is 0.142. The first-order valence-electron chi connectivity index (χ1n) is 8.43. The van der Waals surface area contributed by atoms with Crippen LogP contribution in [0.1, 0.15) is 22.6 Å². The number of benzene rings is 2. The molecular weight excluding hydrogens is 334 g/mol. The Bertz CT molecular complexity index is 844. The van der Waals surface area contributed by atoms with E-state index in [1.54, 1.807) is 19.2 Å². The first-order chi connectivity index (χ1) is 11.9. The molecule has 4 nitrogen and oxygen atoms in total. The van der Waals surface area contributed by atoms with Gasteiger partial charge in [0.05, 0.1) is 16.8 Å². The Morgan fingerprint density at radius 2 is 1.52 bits per heavy atom. The molecule has 0 heterocycles. The van der Waals surface area contributed by atoms with Gasteiger partial charge in [0.1, 0.15) is 0 Å². The van der Waals surface area contributed by atoms with E-state index in [1.807, 2.05) is 50.2 Å². The van der Waals surface area contributed by atoms with E-state index < -0.39 is 20.5 Å². The van der Waals surface area contributed by atoms with E-state index in [2.05, 4.69) is 0 Å². The van der Waals surface area contributed by atoms with Gasteiger partial charge in [-0.15, -0.1) is 0 Å². The van der Waals surface area contributed by atoms with E-state index in [0.717, 1.165) is 16.7 Å². The number of hydrogen-bond donors (Lipinski definition) is 1. The summed E-state index contributed by atoms with van der Waals surface area (Å²) in [6, 6.07) is 15.1. The fraction of sp³-hybridized carbons (Fsp3) is 0.400. The largest absolute Gasteiger partial charge is 0.384 e. The third kappa shape index (κ3) is 3.01. The van der Waals surface area contributed by atoms with Crippen molar-refractivity contribution in [3.63, 3.8) is 0 Å². The summed E-state index contributed by atoms with van der Waals surface area (Å²) in [7, 11) is -1.90. The van der Waals surface area contributed by atoms with Crippen LogP contribution in [0.3, 0.4) is 0 Å². The average Bonchev–Trinajstić information content (AvgIpc) is 3.26. The van der Waals surface area contributed by atoms with Crippen LogP contribution in [0.5, 0.6) is 0 Å². The Morgan fingerprint density at radius 1 is 1.00 bits per heavy atom. The maximum Gasteiger partial charge on any atom is 0.182 e. The normalized spacial score (nSPS) is 25.8. The van der Waals surface area contributed by atoms with E-state index in [4.69, 9.17) is 10.5 Å². The molecule has 2 aromatic carbocycles. The zero-order valence-electron chi connectivity index (χ0n) is 14.9. The lowest BCUT2D eigenvalue weighted by Gasteiger charge is -2.15. The zero-order valence-corrected chi connectivity index (χ0v) is 15.7. The number of ether oxygens (including phenoxy) is 1. The van der Waals surface area contributed by atoms with Crippen LogP contribution in [0.25, 0.3) is 0 Å². The minimum Gasteiger partial charge on any atom is -0.384 e. The molecule has 25 heavy (non-hydrogen) atoms. The molecule has 1 aliphatic carbocycles. The standard InChI is InChI=1S/C20H25NO3S/c1-14-4-8-16(9-5-14)18-19(20(18,12-21)13-24-3)25(22,23)17-10-6-15(2)7-11-17/h4-11,18-19H,12-13,21H2,1-3H3. The third-order valence-corrected chi connectivity index (χ3v) is 7.63. The van der Waals surface area contributed by atoms with Crippen molar-refractivity contribution in [2.24, 2.45) is 11.1 Å². The Balaban J connectivity index is 2.05. The molecule has 2 N–H and O–H groups in total. The quantitative estimate of drug-likeness (QED) is 0.861. The fourth-order valence-corrected chi connectivity index (χ4v) is 6.28. The molecule has 1 aliphatic rings. The van der Waals surface area contributed by atoms with Gasteiger partial charge >= 0.3 is 0 Å². The third-order valence-electron chi connectivity index (χ3n) is 5.29. The number of methoxy groups -OCH3 is 1. The molecule has 1 fully saturated rings. The van der Waals surface area contributed by atoms with Gasteiger partial charge in [0, 0.05) is 25.0 Å². The summed E-state index contributed by atoms with van der Waals surface area (Å²) in [5.41, 5.74) is 8.67. The number of aryl methyl sites for hydroxylation is 2. The van der Waals surface area contributed by atoms with Gasteiger partial charge in [0.2, 0.25) is 0 Å². The van der Waals surface area contributed by atoms with Gasteiger partial charge in [-0.3, -0.25) is 0 Å². The topological polar surface area (TPSA) is 69.4 Å². The van der Waals surface area contributed by atoms with Crippen molar-refractivity contribution in [3.8, 4) is 0 Å². The number of rotatable bonds is 6. The summed E-state index contributed by atoms with van der Waals surface area (Å²) in [5.74, 6) is -0.149. The van der Waals surface area contributed by atoms with Crippen molar-refractivity contribution in [1.29, 1.82) is 0 Å². The van der Waals surface area contributed by atoms with Crippen LogP contribution in [-0.4, -0.2) is 33.9 Å². The minimum absolute atomic E-state index is 0.149. The predicted molar refractivity (Wildman–Crippen MR) is 99.4 cm³/mol. The van der Waals surface area contributed by atoms with Crippen molar-refractivity contribution in [3.05, 3.63) is 65.2 Å². The van der Waals surface area contributed by atoms with Gasteiger partial charge in [0.25, 0.3) is 0 Å². The molecule has 0 spiro atoms. The minimum atomic E-state index is -3.49. The summed E-state index contributed by atoms with van der Waals surface area (Å²) in [6.07, 6.45) is 0. The van der Waals surface area contributed by atoms with Gasteiger partial charge in [-0.25, -0.2) is 8.42 Å². The van der Waals surface area contributed by atoms with Crippen molar-refractivity contribution in [2.75, 3.05) is 20.3 Å². The van der Waals surface area contributed by atoms with Gasteiger partial charge in [-0.2, -0.15) is 0 Å². The summed E-state index contributed by atoms with van der Waals surface area (Å²) in [5, 5.41) is -0.560. The molecule has 0 bridgehead atoms. The molecule has 0 saturated heterocycles. The maximum absolute atomic E-state index is 13.3. The van der Waals surface area contributed by atoms with Crippen LogP contribution in [0, 0.1) is 19.3 Å². The molecule has 2 aromatic rings. The summed E-state index contributed by atoms with van der Waals surface area (Å²) in [4.78, 5) is 0.353.